The number of halogens is 3. The second kappa shape index (κ2) is 7.28. The van der Waals surface area contributed by atoms with Crippen LogP contribution >= 0.6 is 0 Å². The first-order valence-electron chi connectivity index (χ1n) is 9.05. The van der Waals surface area contributed by atoms with Gasteiger partial charge in [-0.25, -0.2) is 8.42 Å². The van der Waals surface area contributed by atoms with Crippen LogP contribution in [0.2, 0.25) is 0 Å². The van der Waals surface area contributed by atoms with Crippen LogP contribution in [0.15, 0.2) is 77.7 Å². The Morgan fingerprint density at radius 2 is 1.60 bits per heavy atom. The summed E-state index contributed by atoms with van der Waals surface area (Å²) in [6, 6.07) is 20.0. The Morgan fingerprint density at radius 1 is 0.933 bits per heavy atom. The van der Waals surface area contributed by atoms with Crippen molar-refractivity contribution in [3.05, 3.63) is 84.1 Å². The van der Waals surface area contributed by atoms with E-state index < -0.39 is 21.7 Å². The molecule has 0 saturated carbocycles. The number of rotatable bonds is 4. The van der Waals surface area contributed by atoms with E-state index in [2.05, 4.69) is 5.10 Å². The van der Waals surface area contributed by atoms with Crippen LogP contribution in [0.1, 0.15) is 11.3 Å². The molecule has 0 atom stereocenters. The number of benzene rings is 3. The van der Waals surface area contributed by atoms with E-state index in [0.717, 1.165) is 28.7 Å². The maximum absolute atomic E-state index is 13.4. The predicted molar refractivity (Wildman–Crippen MR) is 109 cm³/mol. The SMILES string of the molecule is CS(=O)(=O)c1ccc(-c2cc(C(F)(F)F)nn2Cc2cccc3ccccc23)cc1. The van der Waals surface area contributed by atoms with Crippen LogP contribution in [0.5, 0.6) is 0 Å². The molecular weight excluding hydrogens is 413 g/mol. The van der Waals surface area contributed by atoms with Gasteiger partial charge in [0.15, 0.2) is 15.5 Å². The van der Waals surface area contributed by atoms with Crippen LogP contribution < -0.4 is 0 Å². The third-order valence-corrected chi connectivity index (χ3v) is 5.98. The van der Waals surface area contributed by atoms with Crippen molar-refractivity contribution in [3.63, 3.8) is 0 Å². The van der Waals surface area contributed by atoms with Gasteiger partial charge in [-0.3, -0.25) is 4.68 Å². The summed E-state index contributed by atoms with van der Waals surface area (Å²) in [4.78, 5) is 0.0995. The van der Waals surface area contributed by atoms with Gasteiger partial charge < -0.3 is 0 Å². The Hall–Kier alpha value is -3.13. The fourth-order valence-corrected chi connectivity index (χ4v) is 4.00. The van der Waals surface area contributed by atoms with Gasteiger partial charge in [0, 0.05) is 6.26 Å². The lowest BCUT2D eigenvalue weighted by molar-refractivity contribution is -0.141. The summed E-state index contributed by atoms with van der Waals surface area (Å²) in [5.41, 5.74) is 0.546. The molecule has 1 aromatic heterocycles. The van der Waals surface area contributed by atoms with E-state index in [9.17, 15) is 21.6 Å². The average Bonchev–Trinajstić information content (AvgIpc) is 3.12. The first kappa shape index (κ1) is 20.2. The highest BCUT2D eigenvalue weighted by Crippen LogP contribution is 2.33. The summed E-state index contributed by atoms with van der Waals surface area (Å²) in [7, 11) is -3.41. The third kappa shape index (κ3) is 3.95. The average molecular weight is 430 g/mol. The van der Waals surface area contributed by atoms with Crippen molar-refractivity contribution in [1.82, 2.24) is 9.78 Å². The molecule has 1 heterocycles. The first-order chi connectivity index (χ1) is 14.1. The molecule has 154 valence electrons. The van der Waals surface area contributed by atoms with E-state index in [1.54, 1.807) is 0 Å². The number of hydrogen-bond donors (Lipinski definition) is 0. The normalized spacial score (nSPS) is 12.4. The lowest BCUT2D eigenvalue weighted by Crippen LogP contribution is -2.09. The van der Waals surface area contributed by atoms with Crippen molar-refractivity contribution in [1.29, 1.82) is 0 Å². The van der Waals surface area contributed by atoms with Gasteiger partial charge in [0.2, 0.25) is 0 Å². The van der Waals surface area contributed by atoms with Crippen molar-refractivity contribution in [3.8, 4) is 11.3 Å². The molecule has 0 radical (unpaired) electrons. The molecule has 4 rings (SSSR count). The van der Waals surface area contributed by atoms with Crippen molar-refractivity contribution >= 4 is 20.6 Å². The molecule has 4 aromatic rings. The molecule has 4 nitrogen and oxygen atoms in total. The molecule has 0 fully saturated rings. The number of hydrogen-bond acceptors (Lipinski definition) is 3. The van der Waals surface area contributed by atoms with Gasteiger partial charge in [0.1, 0.15) is 0 Å². The van der Waals surface area contributed by atoms with Gasteiger partial charge in [-0.1, -0.05) is 54.6 Å². The lowest BCUT2D eigenvalue weighted by atomic mass is 10.0. The molecule has 0 aliphatic rings. The predicted octanol–water partition coefficient (Wildman–Crippen LogP) is 5.17. The van der Waals surface area contributed by atoms with Gasteiger partial charge in [-0.05, 0) is 40.1 Å². The minimum absolute atomic E-state index is 0.0995. The van der Waals surface area contributed by atoms with Gasteiger partial charge in [0.05, 0.1) is 17.1 Å². The minimum atomic E-state index is -4.59. The van der Waals surface area contributed by atoms with Crippen molar-refractivity contribution < 1.29 is 21.6 Å². The number of aromatic nitrogens is 2. The van der Waals surface area contributed by atoms with Crippen molar-refractivity contribution in [2.24, 2.45) is 0 Å². The van der Waals surface area contributed by atoms with E-state index in [4.69, 9.17) is 0 Å². The summed E-state index contributed by atoms with van der Waals surface area (Å²) < 4.78 is 64.7. The molecular formula is C22H17F3N2O2S. The Labute approximate surface area is 171 Å². The zero-order valence-electron chi connectivity index (χ0n) is 15.9. The van der Waals surface area contributed by atoms with E-state index in [1.165, 1.54) is 28.9 Å². The molecule has 0 aliphatic heterocycles. The van der Waals surface area contributed by atoms with E-state index >= 15 is 0 Å². The Balaban J connectivity index is 1.82. The van der Waals surface area contributed by atoms with Crippen LogP contribution in [0.3, 0.4) is 0 Å². The maximum Gasteiger partial charge on any atom is 0.435 e. The van der Waals surface area contributed by atoms with Crippen LogP contribution in [-0.2, 0) is 22.6 Å². The number of sulfone groups is 1. The van der Waals surface area contributed by atoms with E-state index in [1.807, 2.05) is 42.5 Å². The van der Waals surface area contributed by atoms with Gasteiger partial charge in [0.25, 0.3) is 0 Å². The van der Waals surface area contributed by atoms with Gasteiger partial charge in [-0.15, -0.1) is 0 Å². The molecule has 0 saturated heterocycles. The molecule has 0 aliphatic carbocycles. The van der Waals surface area contributed by atoms with Crippen LogP contribution in [0.25, 0.3) is 22.0 Å². The summed E-state index contributed by atoms with van der Waals surface area (Å²) in [5, 5.41) is 5.72. The molecule has 8 heteroatoms. The summed E-state index contributed by atoms with van der Waals surface area (Å²) in [5.74, 6) is 0. The molecule has 30 heavy (non-hydrogen) atoms. The quantitative estimate of drug-likeness (QED) is 0.449. The molecule has 0 unspecified atom stereocenters. The highest BCUT2D eigenvalue weighted by molar-refractivity contribution is 7.90. The van der Waals surface area contributed by atoms with E-state index in [0.29, 0.717) is 5.56 Å². The lowest BCUT2D eigenvalue weighted by Gasteiger charge is -2.11. The molecule has 3 aromatic carbocycles. The smallest absolute Gasteiger partial charge is 0.260 e. The summed E-state index contributed by atoms with van der Waals surface area (Å²) in [6.45, 7) is 0.139. The second-order valence-corrected chi connectivity index (χ2v) is 9.02. The number of alkyl halides is 3. The largest absolute Gasteiger partial charge is 0.435 e. The van der Waals surface area contributed by atoms with Crippen molar-refractivity contribution in [2.75, 3.05) is 6.26 Å². The van der Waals surface area contributed by atoms with E-state index in [-0.39, 0.29) is 17.1 Å². The second-order valence-electron chi connectivity index (χ2n) is 7.01. The molecule has 0 amide bonds. The van der Waals surface area contributed by atoms with Gasteiger partial charge >= 0.3 is 6.18 Å². The summed E-state index contributed by atoms with van der Waals surface area (Å²) >= 11 is 0. The zero-order valence-corrected chi connectivity index (χ0v) is 16.7. The number of fused-ring (bicyclic) bond motifs is 1. The number of nitrogens with zero attached hydrogens (tertiary/aromatic N) is 2. The monoisotopic (exact) mass is 430 g/mol. The fourth-order valence-electron chi connectivity index (χ4n) is 3.37. The molecule has 0 bridgehead atoms. The highest BCUT2D eigenvalue weighted by atomic mass is 32.2. The molecule has 0 spiro atoms. The van der Waals surface area contributed by atoms with Gasteiger partial charge in [-0.2, -0.15) is 18.3 Å². The fraction of sp³-hybridized carbons (Fsp3) is 0.136. The molecule has 0 N–H and O–H groups in total. The van der Waals surface area contributed by atoms with Crippen LogP contribution in [0, 0.1) is 0 Å². The standard InChI is InChI=1S/C22H17F3N2O2S/c1-30(28,29)18-11-9-16(10-12-18)20-13-21(22(23,24)25)26-27(20)14-17-7-4-6-15-5-2-3-8-19(15)17/h2-13H,14H2,1H3. The third-order valence-electron chi connectivity index (χ3n) is 4.85. The Morgan fingerprint density at radius 3 is 2.27 bits per heavy atom. The minimum Gasteiger partial charge on any atom is -0.260 e. The van der Waals surface area contributed by atoms with Crippen LogP contribution in [0.4, 0.5) is 13.2 Å². The Kier molecular flexibility index (Phi) is 4.89. The summed E-state index contributed by atoms with van der Waals surface area (Å²) in [6.07, 6.45) is -3.51. The van der Waals surface area contributed by atoms with Crippen LogP contribution in [-0.4, -0.2) is 24.5 Å². The topological polar surface area (TPSA) is 52.0 Å². The highest BCUT2D eigenvalue weighted by Gasteiger charge is 2.35. The first-order valence-corrected chi connectivity index (χ1v) is 10.9. The Bertz CT molecular complexity index is 1320. The zero-order chi connectivity index (χ0) is 21.5. The van der Waals surface area contributed by atoms with Crippen molar-refractivity contribution in [2.45, 2.75) is 17.6 Å². The maximum atomic E-state index is 13.4.